The second-order valence-electron chi connectivity index (χ2n) is 12.6. The maximum absolute atomic E-state index is 12.2. The summed E-state index contributed by atoms with van der Waals surface area (Å²) >= 11 is 0. The average Bonchev–Trinajstić information content (AvgIpc) is 3.10. The highest BCUT2D eigenvalue weighted by Gasteiger charge is 2.62. The fourth-order valence-electron chi connectivity index (χ4n) is 9.22. The van der Waals surface area contributed by atoms with Gasteiger partial charge in [-0.3, -0.25) is 9.35 Å². The van der Waals surface area contributed by atoms with E-state index in [4.69, 9.17) is 4.55 Å². The van der Waals surface area contributed by atoms with Crippen molar-refractivity contribution in [3.05, 3.63) is 0 Å². The van der Waals surface area contributed by atoms with Crippen LogP contribution in [0.25, 0.3) is 0 Å². The Morgan fingerprint density at radius 2 is 1.68 bits per heavy atom. The maximum Gasteiger partial charge on any atom is 0.266 e. The third-order valence-corrected chi connectivity index (χ3v) is 11.6. The number of rotatable bonds is 7. The Morgan fingerprint density at radius 3 is 2.38 bits per heavy atom. The van der Waals surface area contributed by atoms with Gasteiger partial charge in [0, 0.05) is 13.0 Å². The van der Waals surface area contributed by atoms with Gasteiger partial charge in [-0.15, -0.1) is 0 Å². The summed E-state index contributed by atoms with van der Waals surface area (Å²) in [5.41, 5.74) is 0.367. The van der Waals surface area contributed by atoms with Gasteiger partial charge in [-0.2, -0.15) is 8.42 Å². The fourth-order valence-corrected chi connectivity index (χ4v) is 9.58. The van der Waals surface area contributed by atoms with Gasteiger partial charge < -0.3 is 15.5 Å². The molecule has 0 radical (unpaired) electrons. The van der Waals surface area contributed by atoms with Crippen molar-refractivity contribution in [1.82, 2.24) is 5.32 Å². The monoisotopic (exact) mass is 499 g/mol. The molecule has 10 atom stereocenters. The van der Waals surface area contributed by atoms with E-state index in [9.17, 15) is 23.4 Å². The molecule has 1 amide bonds. The van der Waals surface area contributed by atoms with E-state index in [2.05, 4.69) is 26.1 Å². The van der Waals surface area contributed by atoms with Crippen LogP contribution >= 0.6 is 0 Å². The second kappa shape index (κ2) is 9.64. The molecule has 0 aromatic rings. The highest BCUT2D eigenvalue weighted by Crippen LogP contribution is 2.68. The first-order valence-electron chi connectivity index (χ1n) is 13.4. The van der Waals surface area contributed by atoms with Gasteiger partial charge in [-0.25, -0.2) is 0 Å². The van der Waals surface area contributed by atoms with E-state index in [0.717, 1.165) is 32.1 Å². The van der Waals surface area contributed by atoms with Crippen LogP contribution in [0.5, 0.6) is 0 Å². The van der Waals surface area contributed by atoms with Gasteiger partial charge in [0.05, 0.1) is 18.0 Å². The van der Waals surface area contributed by atoms with Gasteiger partial charge in [-0.05, 0) is 104 Å². The molecule has 4 fully saturated rings. The molecule has 4 saturated carbocycles. The van der Waals surface area contributed by atoms with E-state index in [-0.39, 0.29) is 41.4 Å². The van der Waals surface area contributed by atoms with Crippen LogP contribution < -0.4 is 5.32 Å². The molecule has 7 nitrogen and oxygen atoms in total. The molecule has 34 heavy (non-hydrogen) atoms. The Hall–Kier alpha value is -0.700. The van der Waals surface area contributed by atoms with Crippen LogP contribution in [0, 0.1) is 46.3 Å². The van der Waals surface area contributed by atoms with E-state index in [1.807, 2.05) is 0 Å². The van der Waals surface area contributed by atoms with Crippen LogP contribution in [0.3, 0.4) is 0 Å². The summed E-state index contributed by atoms with van der Waals surface area (Å²) in [4.78, 5) is 12.2. The Balaban J connectivity index is 1.38. The summed E-state index contributed by atoms with van der Waals surface area (Å²) in [6.07, 6.45) is 8.84. The van der Waals surface area contributed by atoms with Crippen molar-refractivity contribution >= 4 is 16.0 Å². The first-order chi connectivity index (χ1) is 15.8. The highest BCUT2D eigenvalue weighted by molar-refractivity contribution is 7.85. The number of carbonyl (C=O) groups excluding carboxylic acids is 1. The van der Waals surface area contributed by atoms with E-state index >= 15 is 0 Å². The zero-order valence-electron chi connectivity index (χ0n) is 21.1. The quantitative estimate of drug-likeness (QED) is 0.398. The Bertz CT molecular complexity index is 863. The number of carbonyl (C=O) groups is 1. The van der Waals surface area contributed by atoms with Crippen molar-refractivity contribution in [2.45, 2.75) is 97.2 Å². The van der Waals surface area contributed by atoms with E-state index in [1.54, 1.807) is 0 Å². The van der Waals surface area contributed by atoms with Crippen molar-refractivity contribution in [2.75, 3.05) is 12.3 Å². The average molecular weight is 500 g/mol. The minimum atomic E-state index is -4.06. The molecule has 4 aliphatic rings. The molecule has 4 rings (SSSR count). The molecular formula is C26H45NO6S. The molecule has 4 aliphatic carbocycles. The van der Waals surface area contributed by atoms with Gasteiger partial charge in [0.2, 0.25) is 5.91 Å². The molecule has 0 bridgehead atoms. The van der Waals surface area contributed by atoms with Gasteiger partial charge in [0.25, 0.3) is 10.1 Å². The maximum atomic E-state index is 12.2. The number of hydrogen-bond donors (Lipinski definition) is 4. The SMILES string of the molecule is C[C@H](CCC(=O)NCCS(=O)(=O)O)C1CC[C@H]2[C@@H]3C[C@H](O)[C@@H]4C[C@H](O)CC[C@]4(C)[C@H]3CC[C@]12C. The van der Waals surface area contributed by atoms with Gasteiger partial charge in [-0.1, -0.05) is 20.8 Å². The zero-order valence-corrected chi connectivity index (χ0v) is 21.9. The number of amides is 1. The molecule has 0 aliphatic heterocycles. The topological polar surface area (TPSA) is 124 Å². The summed E-state index contributed by atoms with van der Waals surface area (Å²) in [7, 11) is -4.06. The smallest absolute Gasteiger partial charge is 0.266 e. The third kappa shape index (κ3) is 4.94. The van der Waals surface area contributed by atoms with E-state index in [0.29, 0.717) is 36.0 Å². The molecule has 0 aromatic heterocycles. The predicted octanol–water partition coefficient (Wildman–Crippen LogP) is 3.40. The van der Waals surface area contributed by atoms with Crippen molar-refractivity contribution in [2.24, 2.45) is 46.3 Å². The minimum absolute atomic E-state index is 0.0581. The van der Waals surface area contributed by atoms with Crippen LogP contribution in [0.1, 0.15) is 85.0 Å². The van der Waals surface area contributed by atoms with Crippen molar-refractivity contribution < 1.29 is 28.0 Å². The minimum Gasteiger partial charge on any atom is -0.393 e. The lowest BCUT2D eigenvalue weighted by molar-refractivity contribution is -0.172. The third-order valence-electron chi connectivity index (χ3n) is 10.9. The first-order valence-corrected chi connectivity index (χ1v) is 15.0. The van der Waals surface area contributed by atoms with Gasteiger partial charge >= 0.3 is 0 Å². The lowest BCUT2D eigenvalue weighted by Gasteiger charge is -2.62. The van der Waals surface area contributed by atoms with Crippen LogP contribution in [-0.2, 0) is 14.9 Å². The summed E-state index contributed by atoms with van der Waals surface area (Å²) in [6.45, 7) is 7.05. The van der Waals surface area contributed by atoms with Crippen LogP contribution in [0.4, 0.5) is 0 Å². The lowest BCUT2D eigenvalue weighted by Crippen LogP contribution is -2.58. The van der Waals surface area contributed by atoms with Crippen molar-refractivity contribution in [3.63, 3.8) is 0 Å². The largest absolute Gasteiger partial charge is 0.393 e. The Labute approximate surface area is 205 Å². The Kier molecular flexibility index (Phi) is 7.47. The molecule has 0 spiro atoms. The summed E-state index contributed by atoms with van der Waals surface area (Å²) in [5.74, 6) is 2.36. The summed E-state index contributed by atoms with van der Waals surface area (Å²) in [5, 5.41) is 24.0. The number of aliphatic hydroxyl groups excluding tert-OH is 2. The number of nitrogens with one attached hydrogen (secondary N) is 1. The molecule has 0 aromatic carbocycles. The first kappa shape index (κ1) is 26.4. The predicted molar refractivity (Wildman–Crippen MR) is 130 cm³/mol. The van der Waals surface area contributed by atoms with Gasteiger partial charge in [0.1, 0.15) is 0 Å². The fraction of sp³-hybridized carbons (Fsp3) is 0.962. The van der Waals surface area contributed by atoms with Crippen LogP contribution in [-0.4, -0.2) is 53.6 Å². The van der Waals surface area contributed by atoms with Crippen molar-refractivity contribution in [3.8, 4) is 0 Å². The number of fused-ring (bicyclic) bond motifs is 5. The van der Waals surface area contributed by atoms with Crippen LogP contribution in [0.2, 0.25) is 0 Å². The molecule has 196 valence electrons. The molecular weight excluding hydrogens is 454 g/mol. The number of aliphatic hydroxyl groups is 2. The molecule has 8 heteroatoms. The van der Waals surface area contributed by atoms with Gasteiger partial charge in [0.15, 0.2) is 0 Å². The second-order valence-corrected chi connectivity index (χ2v) is 14.2. The van der Waals surface area contributed by atoms with Crippen LogP contribution in [0.15, 0.2) is 0 Å². The normalized spacial score (nSPS) is 45.1. The number of hydrogen-bond acceptors (Lipinski definition) is 5. The molecule has 1 unspecified atom stereocenters. The Morgan fingerprint density at radius 1 is 1.00 bits per heavy atom. The summed E-state index contributed by atoms with van der Waals surface area (Å²) in [6, 6.07) is 0. The van der Waals surface area contributed by atoms with E-state index in [1.165, 1.54) is 25.7 Å². The molecule has 0 saturated heterocycles. The standard InChI is InChI=1S/C26H45NO6S/c1-16(4-7-24(30)27-12-13-34(31,32)33)19-5-6-20-18-15-23(29)22-14-17(28)8-10-26(22,3)21(18)9-11-25(19,20)2/h16-23,28-29H,4-15H2,1-3H3,(H,27,30)(H,31,32,33)/t16-,17-,18+,19?,20+,21+,22+,23+,25-,26-/m1/s1. The lowest BCUT2D eigenvalue weighted by atomic mass is 9.44. The molecule has 4 N–H and O–H groups in total. The zero-order chi connectivity index (χ0) is 24.9. The van der Waals surface area contributed by atoms with E-state index < -0.39 is 15.9 Å². The summed E-state index contributed by atoms with van der Waals surface area (Å²) < 4.78 is 30.5. The highest BCUT2D eigenvalue weighted by atomic mass is 32.2. The molecule has 0 heterocycles. The van der Waals surface area contributed by atoms with Crippen molar-refractivity contribution in [1.29, 1.82) is 0 Å².